The molecule has 4 rings (SSSR count). The Morgan fingerprint density at radius 2 is 1.96 bits per heavy atom. The van der Waals surface area contributed by atoms with E-state index in [4.69, 9.17) is 5.73 Å². The molecule has 6 heteroatoms. The highest BCUT2D eigenvalue weighted by atomic mass is 31.1. The van der Waals surface area contributed by atoms with Crippen molar-refractivity contribution in [3.05, 3.63) is 65.9 Å². The fourth-order valence-corrected chi connectivity index (χ4v) is 4.67. The van der Waals surface area contributed by atoms with Crippen LogP contribution >= 0.6 is 8.58 Å². The van der Waals surface area contributed by atoms with Gasteiger partial charge in [0.1, 0.15) is 0 Å². The highest BCUT2D eigenvalue weighted by Gasteiger charge is 2.13. The van der Waals surface area contributed by atoms with Gasteiger partial charge in [-0.2, -0.15) is 0 Å². The van der Waals surface area contributed by atoms with Crippen LogP contribution in [0, 0.1) is 6.92 Å². The molecule has 0 atom stereocenters. The van der Waals surface area contributed by atoms with Gasteiger partial charge in [-0.05, 0) is 60.7 Å². The van der Waals surface area contributed by atoms with Crippen molar-refractivity contribution in [2.45, 2.75) is 13.5 Å². The number of anilines is 3. The van der Waals surface area contributed by atoms with Crippen LogP contribution in [0.1, 0.15) is 11.1 Å². The van der Waals surface area contributed by atoms with Crippen molar-refractivity contribution >= 4 is 25.9 Å². The lowest BCUT2D eigenvalue weighted by Crippen LogP contribution is -2.32. The van der Waals surface area contributed by atoms with E-state index in [0.717, 1.165) is 31.1 Å². The largest absolute Gasteiger partial charge is 0.371 e. The number of nitrogens with one attached hydrogen (secondary N) is 1. The molecule has 3 aromatic rings. The van der Waals surface area contributed by atoms with E-state index in [0.29, 0.717) is 12.5 Å². The monoisotopic (exact) mass is 391 g/mol. The number of nitrogens with two attached hydrogens (primary N) is 1. The van der Waals surface area contributed by atoms with Crippen molar-refractivity contribution < 1.29 is 0 Å². The van der Waals surface area contributed by atoms with Crippen molar-refractivity contribution in [2.24, 2.45) is 5.73 Å². The van der Waals surface area contributed by atoms with Gasteiger partial charge in [-0.25, -0.2) is 9.97 Å². The van der Waals surface area contributed by atoms with Gasteiger partial charge in [0.15, 0.2) is 0 Å². The SMILES string of the molecule is Cc1cc(Nc2nccc(-c3cccc(CN)c3)n2)ccc1N1CCPCC1. The number of rotatable bonds is 5. The van der Waals surface area contributed by atoms with E-state index in [1.807, 2.05) is 24.3 Å². The van der Waals surface area contributed by atoms with Crippen molar-refractivity contribution in [3.8, 4) is 11.3 Å². The van der Waals surface area contributed by atoms with Gasteiger partial charge in [-0.1, -0.05) is 18.2 Å². The van der Waals surface area contributed by atoms with Crippen LogP contribution in [0.25, 0.3) is 11.3 Å². The average Bonchev–Trinajstić information content (AvgIpc) is 2.75. The summed E-state index contributed by atoms with van der Waals surface area (Å²) < 4.78 is 0. The Balaban J connectivity index is 1.53. The van der Waals surface area contributed by atoms with E-state index < -0.39 is 0 Å². The van der Waals surface area contributed by atoms with Crippen LogP contribution in [-0.2, 0) is 6.54 Å². The van der Waals surface area contributed by atoms with Gasteiger partial charge < -0.3 is 16.0 Å². The number of aromatic nitrogens is 2. The molecule has 0 saturated carbocycles. The Morgan fingerprint density at radius 3 is 2.75 bits per heavy atom. The molecular weight excluding hydrogens is 365 g/mol. The van der Waals surface area contributed by atoms with Gasteiger partial charge in [-0.15, -0.1) is 8.58 Å². The first-order valence-electron chi connectivity index (χ1n) is 9.69. The third kappa shape index (κ3) is 4.32. The highest BCUT2D eigenvalue weighted by molar-refractivity contribution is 7.38. The zero-order valence-corrected chi connectivity index (χ0v) is 17.2. The van der Waals surface area contributed by atoms with Gasteiger partial charge >= 0.3 is 0 Å². The predicted molar refractivity (Wildman–Crippen MR) is 120 cm³/mol. The molecule has 1 aromatic heterocycles. The van der Waals surface area contributed by atoms with Gasteiger partial charge in [0.2, 0.25) is 5.95 Å². The molecule has 144 valence electrons. The molecule has 0 unspecified atom stereocenters. The Morgan fingerprint density at radius 1 is 1.11 bits per heavy atom. The first-order valence-corrected chi connectivity index (χ1v) is 11.1. The highest BCUT2D eigenvalue weighted by Crippen LogP contribution is 2.28. The molecule has 0 spiro atoms. The van der Waals surface area contributed by atoms with Crippen LogP contribution in [0.5, 0.6) is 0 Å². The maximum atomic E-state index is 5.76. The molecule has 5 nitrogen and oxygen atoms in total. The van der Waals surface area contributed by atoms with Crippen molar-refractivity contribution in [1.82, 2.24) is 9.97 Å². The van der Waals surface area contributed by atoms with E-state index in [-0.39, 0.29) is 0 Å². The number of hydrogen-bond acceptors (Lipinski definition) is 5. The Kier molecular flexibility index (Phi) is 5.84. The van der Waals surface area contributed by atoms with E-state index >= 15 is 0 Å². The summed E-state index contributed by atoms with van der Waals surface area (Å²) in [5.41, 5.74) is 12.4. The van der Waals surface area contributed by atoms with E-state index in [2.05, 4.69) is 51.4 Å². The lowest BCUT2D eigenvalue weighted by molar-refractivity contribution is 0.849. The van der Waals surface area contributed by atoms with E-state index in [1.165, 1.54) is 36.7 Å². The molecule has 1 aliphatic heterocycles. The van der Waals surface area contributed by atoms with E-state index in [1.54, 1.807) is 6.20 Å². The molecule has 0 amide bonds. The lowest BCUT2D eigenvalue weighted by atomic mass is 10.1. The van der Waals surface area contributed by atoms with Gasteiger partial charge in [0, 0.05) is 42.8 Å². The zero-order valence-electron chi connectivity index (χ0n) is 16.2. The fourth-order valence-electron chi connectivity index (χ4n) is 3.56. The molecule has 1 fully saturated rings. The summed E-state index contributed by atoms with van der Waals surface area (Å²) in [5, 5.41) is 3.35. The van der Waals surface area contributed by atoms with E-state index in [9.17, 15) is 0 Å². The minimum atomic E-state index is 0.521. The summed E-state index contributed by atoms with van der Waals surface area (Å²) in [5.74, 6) is 0.599. The average molecular weight is 391 g/mol. The number of hydrogen-bond donors (Lipinski definition) is 2. The molecule has 0 aliphatic carbocycles. The number of nitrogens with zero attached hydrogens (tertiary/aromatic N) is 3. The molecule has 1 aliphatic rings. The van der Waals surface area contributed by atoms with Crippen LogP contribution in [0.4, 0.5) is 17.3 Å². The maximum Gasteiger partial charge on any atom is 0.227 e. The second-order valence-electron chi connectivity index (χ2n) is 7.03. The van der Waals surface area contributed by atoms with Gasteiger partial charge in [0.25, 0.3) is 0 Å². The van der Waals surface area contributed by atoms with Crippen molar-refractivity contribution in [1.29, 1.82) is 0 Å². The minimum Gasteiger partial charge on any atom is -0.371 e. The first-order chi connectivity index (χ1) is 13.7. The number of benzene rings is 2. The first kappa shape index (κ1) is 18.9. The summed E-state index contributed by atoms with van der Waals surface area (Å²) in [6.45, 7) is 5.03. The summed E-state index contributed by atoms with van der Waals surface area (Å²) in [7, 11) is 1.12. The fraction of sp³-hybridized carbons (Fsp3) is 0.273. The van der Waals surface area contributed by atoms with Crippen LogP contribution in [0.2, 0.25) is 0 Å². The van der Waals surface area contributed by atoms with Crippen LogP contribution in [-0.4, -0.2) is 35.4 Å². The van der Waals surface area contributed by atoms with Crippen molar-refractivity contribution in [3.63, 3.8) is 0 Å². The van der Waals surface area contributed by atoms with Gasteiger partial charge in [0.05, 0.1) is 5.69 Å². The molecule has 3 N–H and O–H groups in total. The lowest BCUT2D eigenvalue weighted by Gasteiger charge is -2.30. The second kappa shape index (κ2) is 8.68. The van der Waals surface area contributed by atoms with Crippen molar-refractivity contribution in [2.75, 3.05) is 35.6 Å². The summed E-state index contributed by atoms with van der Waals surface area (Å²) in [4.78, 5) is 11.6. The molecule has 2 heterocycles. The molecule has 0 bridgehead atoms. The molecule has 28 heavy (non-hydrogen) atoms. The third-order valence-corrected chi connectivity index (χ3v) is 6.18. The predicted octanol–water partition coefficient (Wildman–Crippen LogP) is 4.15. The third-order valence-electron chi connectivity index (χ3n) is 5.02. The molecule has 1 saturated heterocycles. The Bertz CT molecular complexity index is 953. The number of aryl methyl sites for hydroxylation is 1. The van der Waals surface area contributed by atoms with Crippen LogP contribution in [0.3, 0.4) is 0 Å². The minimum absolute atomic E-state index is 0.521. The smallest absolute Gasteiger partial charge is 0.227 e. The van der Waals surface area contributed by atoms with Gasteiger partial charge in [-0.3, -0.25) is 0 Å². The topological polar surface area (TPSA) is 67.1 Å². The normalized spacial score (nSPS) is 14.1. The summed E-state index contributed by atoms with van der Waals surface area (Å²) in [6, 6.07) is 16.6. The quantitative estimate of drug-likeness (QED) is 0.640. The maximum absolute atomic E-state index is 5.76. The summed E-state index contributed by atoms with van der Waals surface area (Å²) in [6.07, 6.45) is 4.41. The van der Waals surface area contributed by atoms with Crippen LogP contribution < -0.4 is 16.0 Å². The Labute approximate surface area is 168 Å². The standard InChI is InChI=1S/C22H26N5P/c1-16-13-19(5-6-21(16)27-9-11-28-12-10-27)25-22-24-8-7-20(26-22)18-4-2-3-17(14-18)15-23/h2-8,13-14,28H,9-12,15,23H2,1H3,(H,24,25,26). The summed E-state index contributed by atoms with van der Waals surface area (Å²) >= 11 is 0. The Hall–Kier alpha value is -2.49. The molecule has 2 aromatic carbocycles. The van der Waals surface area contributed by atoms with Crippen LogP contribution in [0.15, 0.2) is 54.7 Å². The molecule has 0 radical (unpaired) electrons. The zero-order chi connectivity index (χ0) is 19.3. The molecular formula is C22H26N5P. The second-order valence-corrected chi connectivity index (χ2v) is 8.53.